The Morgan fingerprint density at radius 1 is 1.24 bits per heavy atom. The molecule has 0 aliphatic heterocycles. The molecule has 1 aliphatic rings. The summed E-state index contributed by atoms with van der Waals surface area (Å²) < 4.78 is 29.4. The number of hydroxylamine groups is 1. The Kier molecular flexibility index (Phi) is 7.01. The molecule has 3 rings (SSSR count). The fourth-order valence-corrected chi connectivity index (χ4v) is 4.90. The summed E-state index contributed by atoms with van der Waals surface area (Å²) in [5, 5.41) is 18.7. The van der Waals surface area contributed by atoms with Crippen molar-refractivity contribution in [1.82, 2.24) is 10.0 Å². The van der Waals surface area contributed by atoms with Crippen LogP contribution in [0.2, 0.25) is 0 Å². The zero-order valence-electron chi connectivity index (χ0n) is 18.9. The number of carbonyl (C=O) groups is 1. The van der Waals surface area contributed by atoms with Crippen LogP contribution < -0.4 is 15.8 Å². The van der Waals surface area contributed by atoms with Gasteiger partial charge in [0.15, 0.2) is 14.6 Å². The van der Waals surface area contributed by atoms with Gasteiger partial charge in [0, 0.05) is 25.1 Å². The zero-order chi connectivity index (χ0) is 24.4. The molecule has 1 unspecified atom stereocenters. The molecular formula is C23H30N2O7S. The van der Waals surface area contributed by atoms with E-state index in [0.29, 0.717) is 23.8 Å². The number of benzene rings is 1. The highest BCUT2D eigenvalue weighted by molar-refractivity contribution is 7.92. The first-order chi connectivity index (χ1) is 15.3. The van der Waals surface area contributed by atoms with Crippen molar-refractivity contribution in [2.45, 2.75) is 50.0 Å². The first-order valence-corrected chi connectivity index (χ1v) is 12.5. The van der Waals surface area contributed by atoms with E-state index in [-0.39, 0.29) is 18.5 Å². The van der Waals surface area contributed by atoms with E-state index in [2.05, 4.69) is 0 Å². The molecule has 1 heterocycles. The smallest absolute Gasteiger partial charge is 0.264 e. The van der Waals surface area contributed by atoms with Crippen LogP contribution in [-0.2, 0) is 21.2 Å². The van der Waals surface area contributed by atoms with Crippen molar-refractivity contribution in [2.24, 2.45) is 5.92 Å². The summed E-state index contributed by atoms with van der Waals surface area (Å²) in [6, 6.07) is 10.5. The van der Waals surface area contributed by atoms with E-state index < -0.39 is 26.1 Å². The van der Waals surface area contributed by atoms with Crippen molar-refractivity contribution >= 4 is 15.7 Å². The van der Waals surface area contributed by atoms with Crippen molar-refractivity contribution in [2.75, 3.05) is 12.9 Å². The van der Waals surface area contributed by atoms with Crippen molar-refractivity contribution < 1.29 is 28.3 Å². The Balaban J connectivity index is 1.65. The molecule has 1 fully saturated rings. The third-order valence-corrected chi connectivity index (χ3v) is 8.38. The number of hydrogen-bond acceptors (Lipinski definition) is 7. The lowest BCUT2D eigenvalue weighted by atomic mass is 9.73. The second-order valence-electron chi connectivity index (χ2n) is 9.25. The van der Waals surface area contributed by atoms with Gasteiger partial charge in [-0.15, -0.1) is 0 Å². The molecule has 0 saturated heterocycles. The molecule has 1 saturated carbocycles. The maximum absolute atomic E-state index is 12.6. The van der Waals surface area contributed by atoms with Crippen LogP contribution in [0.3, 0.4) is 0 Å². The minimum Gasteiger partial charge on any atom is -0.493 e. The molecule has 1 amide bonds. The third kappa shape index (κ3) is 5.63. The van der Waals surface area contributed by atoms with E-state index in [1.165, 1.54) is 23.0 Å². The van der Waals surface area contributed by atoms with Crippen LogP contribution in [0.5, 0.6) is 5.75 Å². The number of aromatic nitrogens is 1. The average Bonchev–Trinajstić information content (AvgIpc) is 2.74. The lowest BCUT2D eigenvalue weighted by molar-refractivity contribution is -0.131. The second-order valence-corrected chi connectivity index (χ2v) is 11.7. The number of aliphatic hydroxyl groups is 1. The Morgan fingerprint density at radius 3 is 2.39 bits per heavy atom. The summed E-state index contributed by atoms with van der Waals surface area (Å²) in [7, 11) is -3.84. The van der Waals surface area contributed by atoms with Gasteiger partial charge in [0.25, 0.3) is 11.5 Å². The largest absolute Gasteiger partial charge is 0.493 e. The Labute approximate surface area is 192 Å². The van der Waals surface area contributed by atoms with Gasteiger partial charge in [-0.05, 0) is 68.4 Å². The van der Waals surface area contributed by atoms with Crippen LogP contribution in [0, 0.1) is 5.92 Å². The SMILES string of the molecule is CC1(O)CC(COc2ccc(-c3ccn(CCC(C)(C(=O)NO)S(C)(=O)=O)c(=O)c3)cc2)C1. The number of amides is 1. The number of carbonyl (C=O) groups excluding carboxylic acids is 1. The van der Waals surface area contributed by atoms with Crippen molar-refractivity contribution in [3.8, 4) is 16.9 Å². The summed E-state index contributed by atoms with van der Waals surface area (Å²) in [4.78, 5) is 24.5. The van der Waals surface area contributed by atoms with E-state index in [0.717, 1.165) is 24.7 Å². The van der Waals surface area contributed by atoms with Crippen LogP contribution in [0.4, 0.5) is 0 Å². The van der Waals surface area contributed by atoms with Gasteiger partial charge in [-0.1, -0.05) is 12.1 Å². The fourth-order valence-electron chi connectivity index (χ4n) is 4.05. The number of pyridine rings is 1. The summed E-state index contributed by atoms with van der Waals surface area (Å²) in [5.41, 5.74) is 1.99. The molecular weight excluding hydrogens is 448 g/mol. The van der Waals surface area contributed by atoms with E-state index in [1.54, 1.807) is 12.3 Å². The van der Waals surface area contributed by atoms with Gasteiger partial charge < -0.3 is 14.4 Å². The molecule has 180 valence electrons. The standard InChI is InChI=1S/C23H30N2O7S/c1-22(28)13-16(14-22)15-32-19-6-4-17(5-7-19)18-8-10-25(20(26)12-18)11-9-23(2,21(27)24-29)33(3,30)31/h4-8,10,12,16,28-29H,9,11,13-15H2,1-3H3,(H,24,27). The van der Waals surface area contributed by atoms with Crippen LogP contribution in [0.1, 0.15) is 33.1 Å². The predicted octanol–water partition coefficient (Wildman–Crippen LogP) is 1.75. The quantitative estimate of drug-likeness (QED) is 0.369. The molecule has 0 radical (unpaired) electrons. The van der Waals surface area contributed by atoms with Gasteiger partial charge in [0.05, 0.1) is 12.2 Å². The van der Waals surface area contributed by atoms with Crippen LogP contribution in [-0.4, -0.2) is 52.4 Å². The number of hydrogen-bond donors (Lipinski definition) is 3. The average molecular weight is 479 g/mol. The highest BCUT2D eigenvalue weighted by atomic mass is 32.2. The molecule has 0 bridgehead atoms. The fraction of sp³-hybridized carbons (Fsp3) is 0.478. The Hall–Kier alpha value is -2.69. The maximum atomic E-state index is 12.6. The summed E-state index contributed by atoms with van der Waals surface area (Å²) >= 11 is 0. The normalized spacial score (nSPS) is 22.2. The van der Waals surface area contributed by atoms with Crippen LogP contribution >= 0.6 is 0 Å². The minimum atomic E-state index is -3.84. The van der Waals surface area contributed by atoms with Gasteiger partial charge in [-0.25, -0.2) is 13.9 Å². The number of sulfone groups is 1. The van der Waals surface area contributed by atoms with Gasteiger partial charge >= 0.3 is 0 Å². The monoisotopic (exact) mass is 478 g/mol. The first kappa shape index (κ1) is 24.9. The number of ether oxygens (including phenoxy) is 1. The Morgan fingerprint density at radius 2 is 1.88 bits per heavy atom. The summed E-state index contributed by atoms with van der Waals surface area (Å²) in [6.45, 7) is 3.57. The number of nitrogens with one attached hydrogen (secondary N) is 1. The van der Waals surface area contributed by atoms with Gasteiger partial charge in [-0.2, -0.15) is 0 Å². The second kappa shape index (κ2) is 9.28. The number of nitrogens with zero attached hydrogens (tertiary/aromatic N) is 1. The number of rotatable bonds is 9. The van der Waals surface area contributed by atoms with Gasteiger partial charge in [0.1, 0.15) is 5.75 Å². The maximum Gasteiger partial charge on any atom is 0.264 e. The van der Waals surface area contributed by atoms with E-state index in [1.807, 2.05) is 31.2 Å². The lowest BCUT2D eigenvalue weighted by Crippen LogP contribution is -2.49. The molecule has 1 aliphatic carbocycles. The van der Waals surface area contributed by atoms with Gasteiger partial charge in [-0.3, -0.25) is 14.8 Å². The van der Waals surface area contributed by atoms with E-state index in [4.69, 9.17) is 9.94 Å². The molecule has 1 atom stereocenters. The molecule has 2 aromatic rings. The molecule has 0 spiro atoms. The molecule has 10 heteroatoms. The minimum absolute atomic E-state index is 0.0169. The molecule has 1 aromatic carbocycles. The van der Waals surface area contributed by atoms with Gasteiger partial charge in [0.2, 0.25) is 0 Å². The summed E-state index contributed by atoms with van der Waals surface area (Å²) in [5.74, 6) is 0.0146. The summed E-state index contributed by atoms with van der Waals surface area (Å²) in [6.07, 6.45) is 3.74. The Bertz CT molecular complexity index is 1160. The van der Waals surface area contributed by atoms with Crippen molar-refractivity contribution in [1.29, 1.82) is 0 Å². The highest BCUT2D eigenvalue weighted by Gasteiger charge is 2.43. The first-order valence-electron chi connectivity index (χ1n) is 10.6. The van der Waals surface area contributed by atoms with Crippen LogP contribution in [0.15, 0.2) is 47.4 Å². The molecule has 3 N–H and O–H groups in total. The number of aryl methyl sites for hydroxylation is 1. The van der Waals surface area contributed by atoms with Crippen molar-refractivity contribution in [3.05, 3.63) is 52.9 Å². The molecule has 1 aromatic heterocycles. The third-order valence-electron chi connectivity index (χ3n) is 6.36. The molecule has 33 heavy (non-hydrogen) atoms. The topological polar surface area (TPSA) is 135 Å². The zero-order valence-corrected chi connectivity index (χ0v) is 19.8. The van der Waals surface area contributed by atoms with Crippen molar-refractivity contribution in [3.63, 3.8) is 0 Å². The lowest BCUT2D eigenvalue weighted by Gasteiger charge is -2.40. The molecule has 9 nitrogen and oxygen atoms in total. The highest BCUT2D eigenvalue weighted by Crippen LogP contribution is 2.37. The predicted molar refractivity (Wildman–Crippen MR) is 123 cm³/mol. The van der Waals surface area contributed by atoms with E-state index in [9.17, 15) is 23.1 Å². The van der Waals surface area contributed by atoms with E-state index >= 15 is 0 Å². The van der Waals surface area contributed by atoms with Crippen LogP contribution in [0.25, 0.3) is 11.1 Å².